The molecule has 1 aromatic carbocycles. The fourth-order valence-corrected chi connectivity index (χ4v) is 3.92. The van der Waals surface area contributed by atoms with Gasteiger partial charge in [0.15, 0.2) is 5.13 Å². The number of carbonyl (C=O) groups is 2. The van der Waals surface area contributed by atoms with Crippen molar-refractivity contribution in [3.63, 3.8) is 0 Å². The maximum absolute atomic E-state index is 12.3. The van der Waals surface area contributed by atoms with Crippen LogP contribution in [-0.4, -0.2) is 38.9 Å². The fraction of sp³-hybridized carbons (Fsp3) is 0.250. The van der Waals surface area contributed by atoms with Crippen molar-refractivity contribution in [3.8, 4) is 6.07 Å². The molecule has 27 heavy (non-hydrogen) atoms. The minimum absolute atomic E-state index is 0.00694. The number of methoxy groups -OCH3 is 1. The van der Waals surface area contributed by atoms with Crippen LogP contribution in [0.4, 0.5) is 5.13 Å². The van der Waals surface area contributed by atoms with Gasteiger partial charge in [0.25, 0.3) is 5.91 Å². The molecule has 0 unspecified atom stereocenters. The number of thiazole rings is 1. The second kappa shape index (κ2) is 8.72. The smallest absolute Gasteiger partial charge is 0.350 e. The number of aryl methyl sites for hydroxylation is 1. The van der Waals surface area contributed by atoms with E-state index in [9.17, 15) is 18.0 Å². The SMILES string of the molecule is COC(=O)c1sc(NC(=O)c2ccc(S(=O)(=O)NCCC#N)cc2)nc1C. The van der Waals surface area contributed by atoms with E-state index in [4.69, 9.17) is 5.26 Å². The lowest BCUT2D eigenvalue weighted by atomic mass is 10.2. The van der Waals surface area contributed by atoms with Gasteiger partial charge in [-0.05, 0) is 31.2 Å². The molecular weight excluding hydrogens is 392 g/mol. The summed E-state index contributed by atoms with van der Waals surface area (Å²) in [4.78, 5) is 28.2. The molecule has 0 bridgehead atoms. The van der Waals surface area contributed by atoms with Crippen LogP contribution in [-0.2, 0) is 14.8 Å². The molecule has 1 heterocycles. The molecule has 0 spiro atoms. The van der Waals surface area contributed by atoms with E-state index < -0.39 is 21.9 Å². The number of amides is 1. The number of anilines is 1. The average molecular weight is 408 g/mol. The highest BCUT2D eigenvalue weighted by atomic mass is 32.2. The Morgan fingerprint density at radius 2 is 1.96 bits per heavy atom. The second-order valence-corrected chi connectivity index (χ2v) is 7.98. The molecule has 0 radical (unpaired) electrons. The van der Waals surface area contributed by atoms with Crippen LogP contribution in [0.15, 0.2) is 29.2 Å². The number of ether oxygens (including phenoxy) is 1. The predicted molar refractivity (Wildman–Crippen MR) is 98.0 cm³/mol. The van der Waals surface area contributed by atoms with Crippen molar-refractivity contribution < 1.29 is 22.7 Å². The number of sulfonamides is 1. The zero-order valence-electron chi connectivity index (χ0n) is 14.5. The highest BCUT2D eigenvalue weighted by Crippen LogP contribution is 2.24. The summed E-state index contributed by atoms with van der Waals surface area (Å²) >= 11 is 0.984. The van der Waals surface area contributed by atoms with E-state index in [1.165, 1.54) is 31.4 Å². The highest BCUT2D eigenvalue weighted by Gasteiger charge is 2.18. The summed E-state index contributed by atoms with van der Waals surface area (Å²) in [5, 5.41) is 11.2. The number of carbonyl (C=O) groups excluding carboxylic acids is 2. The molecule has 142 valence electrons. The summed E-state index contributed by atoms with van der Waals surface area (Å²) < 4.78 is 31.0. The van der Waals surface area contributed by atoms with Gasteiger partial charge in [-0.15, -0.1) is 0 Å². The van der Waals surface area contributed by atoms with Crippen LogP contribution in [0.5, 0.6) is 0 Å². The van der Waals surface area contributed by atoms with E-state index >= 15 is 0 Å². The maximum atomic E-state index is 12.3. The Balaban J connectivity index is 2.10. The zero-order valence-corrected chi connectivity index (χ0v) is 16.1. The molecule has 2 rings (SSSR count). The molecule has 0 saturated heterocycles. The average Bonchev–Trinajstić information content (AvgIpc) is 3.01. The summed E-state index contributed by atoms with van der Waals surface area (Å²) in [7, 11) is -2.49. The predicted octanol–water partition coefficient (Wildman–Crippen LogP) is 1.68. The third-order valence-electron chi connectivity index (χ3n) is 3.34. The van der Waals surface area contributed by atoms with Crippen molar-refractivity contribution in [1.82, 2.24) is 9.71 Å². The van der Waals surface area contributed by atoms with Crippen LogP contribution in [0, 0.1) is 18.3 Å². The lowest BCUT2D eigenvalue weighted by Gasteiger charge is -2.06. The van der Waals surface area contributed by atoms with Crippen molar-refractivity contribution in [1.29, 1.82) is 5.26 Å². The first-order valence-electron chi connectivity index (χ1n) is 7.62. The third kappa shape index (κ3) is 5.10. The third-order valence-corrected chi connectivity index (χ3v) is 5.87. The summed E-state index contributed by atoms with van der Waals surface area (Å²) in [5.41, 5.74) is 0.658. The Hall–Kier alpha value is -2.81. The lowest BCUT2D eigenvalue weighted by Crippen LogP contribution is -2.24. The first-order valence-corrected chi connectivity index (χ1v) is 9.92. The van der Waals surface area contributed by atoms with Gasteiger partial charge in [-0.2, -0.15) is 5.26 Å². The number of benzene rings is 1. The Morgan fingerprint density at radius 3 is 2.56 bits per heavy atom. The van der Waals surface area contributed by atoms with Crippen molar-refractivity contribution >= 4 is 38.4 Å². The first-order chi connectivity index (χ1) is 12.8. The van der Waals surface area contributed by atoms with Gasteiger partial charge in [0.1, 0.15) is 4.88 Å². The van der Waals surface area contributed by atoms with Gasteiger partial charge < -0.3 is 4.74 Å². The van der Waals surface area contributed by atoms with Crippen molar-refractivity contribution in [2.75, 3.05) is 19.0 Å². The topological polar surface area (TPSA) is 138 Å². The standard InChI is InChI=1S/C16H16N4O5S2/c1-10-13(15(22)25-2)26-16(19-10)20-14(21)11-4-6-12(7-5-11)27(23,24)18-9-3-8-17/h4-7,18H,3,9H2,1-2H3,(H,19,20,21). The van der Waals surface area contributed by atoms with Crippen molar-refractivity contribution in [2.45, 2.75) is 18.2 Å². The lowest BCUT2D eigenvalue weighted by molar-refractivity contribution is 0.0605. The van der Waals surface area contributed by atoms with E-state index in [0.29, 0.717) is 5.69 Å². The van der Waals surface area contributed by atoms with Gasteiger partial charge in [-0.1, -0.05) is 11.3 Å². The Labute approximate surface area is 160 Å². The first kappa shape index (κ1) is 20.5. The van der Waals surface area contributed by atoms with Crippen molar-refractivity contribution in [2.24, 2.45) is 0 Å². The molecule has 0 fully saturated rings. The normalized spacial score (nSPS) is 10.9. The number of nitriles is 1. The number of rotatable bonds is 7. The van der Waals surface area contributed by atoms with Crippen LogP contribution in [0.3, 0.4) is 0 Å². The number of aromatic nitrogens is 1. The largest absolute Gasteiger partial charge is 0.465 e. The molecule has 0 aliphatic rings. The molecule has 2 aromatic rings. The highest BCUT2D eigenvalue weighted by molar-refractivity contribution is 7.89. The molecule has 0 atom stereocenters. The molecular formula is C16H16N4O5S2. The number of hydrogen-bond acceptors (Lipinski definition) is 8. The van der Waals surface area contributed by atoms with E-state index in [1.807, 2.05) is 6.07 Å². The summed E-state index contributed by atoms with van der Waals surface area (Å²) in [6.45, 7) is 1.63. The molecule has 1 amide bonds. The van der Waals surface area contributed by atoms with E-state index in [0.717, 1.165) is 11.3 Å². The molecule has 1 aromatic heterocycles. The second-order valence-electron chi connectivity index (χ2n) is 5.21. The molecule has 9 nitrogen and oxygen atoms in total. The van der Waals surface area contributed by atoms with E-state index in [1.54, 1.807) is 6.92 Å². The van der Waals surface area contributed by atoms with E-state index in [2.05, 4.69) is 19.8 Å². The molecule has 0 saturated carbocycles. The fourth-order valence-electron chi connectivity index (χ4n) is 2.01. The molecule has 2 N–H and O–H groups in total. The van der Waals surface area contributed by atoms with Gasteiger partial charge in [0.2, 0.25) is 10.0 Å². The summed E-state index contributed by atoms with van der Waals surface area (Å²) in [5.74, 6) is -1.04. The van der Waals surface area contributed by atoms with Gasteiger partial charge in [-0.3, -0.25) is 10.1 Å². The van der Waals surface area contributed by atoms with Gasteiger partial charge >= 0.3 is 5.97 Å². The van der Waals surface area contributed by atoms with Crippen LogP contribution >= 0.6 is 11.3 Å². The van der Waals surface area contributed by atoms with Gasteiger partial charge in [0, 0.05) is 18.5 Å². The minimum Gasteiger partial charge on any atom is -0.465 e. The minimum atomic E-state index is -3.74. The quantitative estimate of drug-likeness (QED) is 0.525. The number of nitrogens with one attached hydrogen (secondary N) is 2. The number of nitrogens with zero attached hydrogens (tertiary/aromatic N) is 2. The number of hydrogen-bond donors (Lipinski definition) is 2. The van der Waals surface area contributed by atoms with Gasteiger partial charge in [-0.25, -0.2) is 22.9 Å². The molecule has 11 heteroatoms. The van der Waals surface area contributed by atoms with Crippen LogP contribution < -0.4 is 10.0 Å². The Kier molecular flexibility index (Phi) is 6.62. The molecule has 0 aliphatic carbocycles. The monoisotopic (exact) mass is 408 g/mol. The van der Waals surface area contributed by atoms with Crippen LogP contribution in [0.2, 0.25) is 0 Å². The van der Waals surface area contributed by atoms with Crippen LogP contribution in [0.1, 0.15) is 32.1 Å². The summed E-state index contributed by atoms with van der Waals surface area (Å²) in [6, 6.07) is 7.13. The van der Waals surface area contributed by atoms with Gasteiger partial charge in [0.05, 0.1) is 23.8 Å². The van der Waals surface area contributed by atoms with Crippen LogP contribution in [0.25, 0.3) is 0 Å². The molecule has 0 aliphatic heterocycles. The Morgan fingerprint density at radius 1 is 1.30 bits per heavy atom. The number of esters is 1. The zero-order chi connectivity index (χ0) is 20.0. The van der Waals surface area contributed by atoms with Crippen molar-refractivity contribution in [3.05, 3.63) is 40.4 Å². The summed E-state index contributed by atoms with van der Waals surface area (Å²) in [6.07, 6.45) is 0.0561. The maximum Gasteiger partial charge on any atom is 0.350 e. The Bertz CT molecular complexity index is 991. The van der Waals surface area contributed by atoms with E-state index in [-0.39, 0.29) is 33.4 Å².